The Labute approximate surface area is 305 Å². The van der Waals surface area contributed by atoms with Crippen LogP contribution in [0.5, 0.6) is 0 Å². The first-order valence-electron chi connectivity index (χ1n) is 18.2. The molecule has 0 radical (unpaired) electrons. The van der Waals surface area contributed by atoms with Crippen molar-refractivity contribution in [2.45, 2.75) is 52.0 Å². The lowest BCUT2D eigenvalue weighted by atomic mass is 9.98. The van der Waals surface area contributed by atoms with E-state index in [0.717, 1.165) is 58.6 Å². The summed E-state index contributed by atoms with van der Waals surface area (Å²) in [5, 5.41) is 12.8. The Morgan fingerprint density at radius 2 is 1.38 bits per heavy atom. The third-order valence-corrected chi connectivity index (χ3v) is 8.35. The van der Waals surface area contributed by atoms with Gasteiger partial charge in [-0.1, -0.05) is 42.4 Å². The number of aromatic nitrogens is 1. The van der Waals surface area contributed by atoms with Gasteiger partial charge in [-0.3, -0.25) is 9.59 Å². The highest BCUT2D eigenvalue weighted by Crippen LogP contribution is 2.34. The predicted octanol–water partition coefficient (Wildman–Crippen LogP) is 6.13. The highest BCUT2D eigenvalue weighted by molar-refractivity contribution is 6.10. The van der Waals surface area contributed by atoms with Crippen LogP contribution in [0.2, 0.25) is 0 Å². The number of pyridine rings is 1. The van der Waals surface area contributed by atoms with Gasteiger partial charge in [-0.15, -0.1) is 0 Å². The molecule has 4 aromatic rings. The fourth-order valence-electron chi connectivity index (χ4n) is 5.85. The zero-order chi connectivity index (χ0) is 36.8. The zero-order valence-electron chi connectivity index (χ0n) is 30.2. The quantitative estimate of drug-likeness (QED) is 0.0141. The molecule has 0 saturated heterocycles. The molecule has 1 heterocycles. The molecular weight excluding hydrogens is 662 g/mol. The number of ether oxygens (including phenoxy) is 4. The summed E-state index contributed by atoms with van der Waals surface area (Å²) in [6, 6.07) is 22.0. The smallest absolute Gasteiger partial charge is 0.222 e. The summed E-state index contributed by atoms with van der Waals surface area (Å²) in [7, 11) is 0. The number of carbonyl (C=O) groups excluding carboxylic acids is 2. The Bertz CT molecular complexity index is 1770. The Morgan fingerprint density at radius 1 is 0.731 bits per heavy atom. The number of unbranched alkanes of at least 4 members (excludes halogenated alkanes) is 2. The lowest BCUT2D eigenvalue weighted by Gasteiger charge is -2.13. The average molecular weight is 715 g/mol. The minimum absolute atomic E-state index is 0.00371. The number of nitrogens with zero attached hydrogens (tertiary/aromatic N) is 4. The molecule has 0 aliphatic carbocycles. The summed E-state index contributed by atoms with van der Waals surface area (Å²) in [6.07, 6.45) is 4.19. The fourth-order valence-corrected chi connectivity index (χ4v) is 5.85. The van der Waals surface area contributed by atoms with Gasteiger partial charge in [-0.2, -0.15) is 4.57 Å². The van der Waals surface area contributed by atoms with Gasteiger partial charge in [0.05, 0.1) is 63.6 Å². The van der Waals surface area contributed by atoms with Crippen LogP contribution in [0.15, 0.2) is 71.8 Å². The summed E-state index contributed by atoms with van der Waals surface area (Å²) < 4.78 is 24.2. The maximum atomic E-state index is 12.5. The zero-order valence-corrected chi connectivity index (χ0v) is 30.2. The molecule has 0 aliphatic rings. The van der Waals surface area contributed by atoms with Crippen molar-refractivity contribution in [1.82, 2.24) is 10.6 Å². The first-order valence-corrected chi connectivity index (χ1v) is 18.2. The summed E-state index contributed by atoms with van der Waals surface area (Å²) in [4.78, 5) is 27.0. The number of azide groups is 1. The van der Waals surface area contributed by atoms with Crippen LogP contribution in [0.3, 0.4) is 0 Å². The van der Waals surface area contributed by atoms with Gasteiger partial charge in [0.15, 0.2) is 0 Å². The molecule has 0 atom stereocenters. The average Bonchev–Trinajstić information content (AvgIpc) is 3.15. The van der Waals surface area contributed by atoms with Crippen molar-refractivity contribution in [3.8, 4) is 11.3 Å². The van der Waals surface area contributed by atoms with E-state index < -0.39 is 0 Å². The number of nitrogens with one attached hydrogen (secondary N) is 2. The van der Waals surface area contributed by atoms with Crippen molar-refractivity contribution in [2.75, 3.05) is 71.7 Å². The molecule has 52 heavy (non-hydrogen) atoms. The molecule has 0 aliphatic heterocycles. The van der Waals surface area contributed by atoms with Gasteiger partial charge in [-0.25, -0.2) is 0 Å². The molecule has 0 unspecified atom stereocenters. The van der Waals surface area contributed by atoms with Crippen LogP contribution >= 0.6 is 0 Å². The molecule has 1 aromatic heterocycles. The number of hydrogen-bond donors (Lipinski definition) is 3. The highest BCUT2D eigenvalue weighted by Gasteiger charge is 2.23. The van der Waals surface area contributed by atoms with E-state index in [9.17, 15) is 9.59 Å². The molecule has 13 heteroatoms. The predicted molar refractivity (Wildman–Crippen MR) is 203 cm³/mol. The van der Waals surface area contributed by atoms with Gasteiger partial charge in [-0.05, 0) is 55.1 Å². The van der Waals surface area contributed by atoms with Gasteiger partial charge >= 0.3 is 0 Å². The van der Waals surface area contributed by atoms with Crippen LogP contribution in [-0.4, -0.2) is 77.8 Å². The number of fused-ring (bicyclic) bond motifs is 3. The third kappa shape index (κ3) is 13.1. The molecule has 2 amide bonds. The molecule has 0 bridgehead atoms. The number of benzene rings is 3. The largest absolute Gasteiger partial charge is 0.399 e. The highest BCUT2D eigenvalue weighted by atomic mass is 16.6. The Hall–Kier alpha value is -4.78. The molecule has 0 fully saturated rings. The van der Waals surface area contributed by atoms with Crippen LogP contribution in [0.25, 0.3) is 43.4 Å². The Morgan fingerprint density at radius 3 is 2.10 bits per heavy atom. The number of nitrogens with two attached hydrogens (primary N) is 1. The number of rotatable bonds is 25. The van der Waals surface area contributed by atoms with Crippen molar-refractivity contribution >= 4 is 44.9 Å². The van der Waals surface area contributed by atoms with Crippen LogP contribution in [-0.2, 0) is 35.1 Å². The van der Waals surface area contributed by atoms with Gasteiger partial charge < -0.3 is 35.3 Å². The number of carbonyl (C=O) groups is 2. The van der Waals surface area contributed by atoms with Crippen LogP contribution in [0, 0.1) is 0 Å². The van der Waals surface area contributed by atoms with E-state index in [1.54, 1.807) is 0 Å². The summed E-state index contributed by atoms with van der Waals surface area (Å²) in [5.74, 6) is 0.00832. The number of nitrogen functional groups attached to an aromatic ring is 1. The van der Waals surface area contributed by atoms with E-state index in [0.29, 0.717) is 96.7 Å². The van der Waals surface area contributed by atoms with Gasteiger partial charge in [0.2, 0.25) is 23.0 Å². The van der Waals surface area contributed by atoms with E-state index >= 15 is 0 Å². The minimum atomic E-state index is 0.00371. The van der Waals surface area contributed by atoms with Crippen molar-refractivity contribution in [3.63, 3.8) is 0 Å². The second kappa shape index (κ2) is 22.9. The number of anilines is 1. The molecule has 278 valence electrons. The third-order valence-electron chi connectivity index (χ3n) is 8.35. The second-order valence-electron chi connectivity index (χ2n) is 12.3. The molecule has 0 spiro atoms. The van der Waals surface area contributed by atoms with Crippen molar-refractivity contribution in [3.05, 3.63) is 77.2 Å². The van der Waals surface area contributed by atoms with Crippen molar-refractivity contribution < 1.29 is 33.1 Å². The van der Waals surface area contributed by atoms with Crippen LogP contribution in [0.4, 0.5) is 11.4 Å². The van der Waals surface area contributed by atoms with E-state index in [1.165, 1.54) is 0 Å². The fraction of sp³-hybridized carbons (Fsp3) is 0.462. The maximum absolute atomic E-state index is 12.5. The molecular formula is C39H52N7O6+. The van der Waals surface area contributed by atoms with E-state index in [-0.39, 0.29) is 11.8 Å². The second-order valence-corrected chi connectivity index (χ2v) is 12.3. The first-order chi connectivity index (χ1) is 25.5. The van der Waals surface area contributed by atoms with Gasteiger partial charge in [0.1, 0.15) is 6.54 Å². The van der Waals surface area contributed by atoms with Crippen molar-refractivity contribution in [2.24, 2.45) is 5.11 Å². The first kappa shape index (κ1) is 40.0. The number of aryl methyl sites for hydroxylation is 1. The minimum Gasteiger partial charge on any atom is -0.399 e. The van der Waals surface area contributed by atoms with E-state index in [1.807, 2.05) is 61.5 Å². The van der Waals surface area contributed by atoms with E-state index in [2.05, 4.69) is 37.4 Å². The Kier molecular flexibility index (Phi) is 17.6. The van der Waals surface area contributed by atoms with Gasteiger partial charge in [0.25, 0.3) is 0 Å². The standard InChI is InChI=1S/C39H51N7O6/c1-2-17-42-38(48)16-20-49-22-24-51-26-27-52-25-23-50-21-18-43-37(47)11-7-4-8-19-46-36-29-32(44-45-41)13-15-34(36)33-14-12-31(40)28-35(33)39(46)30-9-5-3-6-10-30/h3,5-6,9-10,12-15,28-29H,2,4,7-8,11,16-27,40H2,1H3,(H-,42,43,47,48)/p+1. The van der Waals surface area contributed by atoms with Crippen LogP contribution in [0.1, 0.15) is 45.4 Å². The van der Waals surface area contributed by atoms with Crippen LogP contribution < -0.4 is 20.9 Å². The lowest BCUT2D eigenvalue weighted by molar-refractivity contribution is -0.659. The normalized spacial score (nSPS) is 11.1. The molecule has 13 nitrogen and oxygen atoms in total. The lowest BCUT2D eigenvalue weighted by Crippen LogP contribution is -2.37. The monoisotopic (exact) mass is 714 g/mol. The summed E-state index contributed by atoms with van der Waals surface area (Å²) >= 11 is 0. The number of amides is 2. The number of hydrogen-bond acceptors (Lipinski definition) is 8. The van der Waals surface area contributed by atoms with Crippen molar-refractivity contribution in [1.29, 1.82) is 0 Å². The summed E-state index contributed by atoms with van der Waals surface area (Å²) in [6.45, 7) is 7.32. The summed E-state index contributed by atoms with van der Waals surface area (Å²) in [5.41, 5.74) is 19.7. The topological polar surface area (TPSA) is 174 Å². The van der Waals surface area contributed by atoms with E-state index in [4.69, 9.17) is 30.2 Å². The SMILES string of the molecule is CCCNC(=O)CCOCCOCCOCCOCCNC(=O)CCCCC[n+]1c(-c2ccccc2)c2cc(N)ccc2c2ccc(N=[N+]=[N-])cc21. The molecule has 4 rings (SSSR count). The molecule has 0 saturated carbocycles. The maximum Gasteiger partial charge on any atom is 0.222 e. The molecule has 4 N–H and O–H groups in total. The molecule has 3 aromatic carbocycles. The van der Waals surface area contributed by atoms with Gasteiger partial charge in [0, 0.05) is 65.7 Å². The Balaban J connectivity index is 1.13.